The molecule has 2 N–H and O–H groups in total. The third kappa shape index (κ3) is 2.07. The van der Waals surface area contributed by atoms with Gasteiger partial charge >= 0.3 is 5.97 Å². The first-order valence-electron chi connectivity index (χ1n) is 5.61. The lowest BCUT2D eigenvalue weighted by Crippen LogP contribution is -2.24. The molecule has 1 heterocycles. The maximum absolute atomic E-state index is 11.7. The van der Waals surface area contributed by atoms with E-state index in [1.54, 1.807) is 31.2 Å². The van der Waals surface area contributed by atoms with Crippen molar-refractivity contribution in [1.82, 2.24) is 5.32 Å². The number of aliphatic hydroxyl groups is 1. The molecule has 0 bridgehead atoms. The van der Waals surface area contributed by atoms with Crippen LogP contribution in [-0.4, -0.2) is 23.6 Å². The number of carbonyl (C=O) groups is 2. The molecule has 1 aliphatic heterocycles. The normalized spacial score (nSPS) is 18.7. The highest BCUT2D eigenvalue weighted by Crippen LogP contribution is 2.28. The van der Waals surface area contributed by atoms with Crippen molar-refractivity contribution in [2.75, 3.05) is 6.61 Å². The Morgan fingerprint density at radius 1 is 1.39 bits per heavy atom. The highest BCUT2D eigenvalue weighted by molar-refractivity contribution is 6.18. The van der Waals surface area contributed by atoms with Crippen LogP contribution in [0.15, 0.2) is 41.7 Å². The lowest BCUT2D eigenvalue weighted by molar-refractivity contribution is -0.140. The number of aliphatic hydroxyl groups excluding tert-OH is 1. The Bertz CT molecular complexity index is 507. The molecule has 0 aliphatic carbocycles. The average Bonchev–Trinajstić information content (AvgIpc) is 2.66. The molecule has 1 aromatic carbocycles. The first kappa shape index (κ1) is 12.2. The van der Waals surface area contributed by atoms with E-state index in [1.807, 2.05) is 6.07 Å². The van der Waals surface area contributed by atoms with Gasteiger partial charge in [0.05, 0.1) is 6.61 Å². The standard InChI is InChI=1S/C13H13NO4/c1-2-18-13(17)9-11(15)10(14-12(9)16)8-6-4-3-5-7-8/h3-7,10,15H,2H2,1H3,(H,14,16)/t10-/m0/s1. The lowest BCUT2D eigenvalue weighted by Gasteiger charge is -2.10. The predicted octanol–water partition coefficient (Wildman–Crippen LogP) is 1.23. The van der Waals surface area contributed by atoms with Crippen LogP contribution in [0.4, 0.5) is 0 Å². The van der Waals surface area contributed by atoms with Crippen LogP contribution in [0.1, 0.15) is 18.5 Å². The third-order valence-electron chi connectivity index (χ3n) is 2.64. The van der Waals surface area contributed by atoms with Gasteiger partial charge in [0.1, 0.15) is 11.8 Å². The fraction of sp³-hybridized carbons (Fsp3) is 0.231. The minimum absolute atomic E-state index is 0.152. The van der Waals surface area contributed by atoms with E-state index in [1.165, 1.54) is 0 Å². The molecule has 0 spiro atoms. The highest BCUT2D eigenvalue weighted by atomic mass is 16.5. The Hall–Kier alpha value is -2.30. The molecule has 1 aromatic rings. The predicted molar refractivity (Wildman–Crippen MR) is 63.6 cm³/mol. The molecule has 0 aromatic heterocycles. The Morgan fingerprint density at radius 2 is 2.06 bits per heavy atom. The van der Waals surface area contributed by atoms with Gasteiger partial charge in [-0.25, -0.2) is 4.79 Å². The molecule has 1 atom stereocenters. The molecule has 1 aliphatic rings. The van der Waals surface area contributed by atoms with Gasteiger partial charge in [-0.05, 0) is 12.5 Å². The van der Waals surface area contributed by atoms with E-state index < -0.39 is 17.9 Å². The van der Waals surface area contributed by atoms with Crippen LogP contribution >= 0.6 is 0 Å². The van der Waals surface area contributed by atoms with Gasteiger partial charge in [0.25, 0.3) is 5.91 Å². The zero-order valence-electron chi connectivity index (χ0n) is 9.84. The molecule has 2 rings (SSSR count). The van der Waals surface area contributed by atoms with Gasteiger partial charge in [-0.2, -0.15) is 0 Å². The van der Waals surface area contributed by atoms with Gasteiger partial charge < -0.3 is 15.2 Å². The molecule has 0 saturated heterocycles. The molecule has 94 valence electrons. The van der Waals surface area contributed by atoms with E-state index >= 15 is 0 Å². The van der Waals surface area contributed by atoms with Crippen LogP contribution < -0.4 is 5.32 Å². The summed E-state index contributed by atoms with van der Waals surface area (Å²) in [5.41, 5.74) is 0.397. The summed E-state index contributed by atoms with van der Waals surface area (Å²) in [4.78, 5) is 23.2. The zero-order chi connectivity index (χ0) is 13.1. The van der Waals surface area contributed by atoms with E-state index in [4.69, 9.17) is 4.74 Å². The van der Waals surface area contributed by atoms with Crippen molar-refractivity contribution in [3.05, 3.63) is 47.2 Å². The molecular formula is C13H13NO4. The summed E-state index contributed by atoms with van der Waals surface area (Å²) in [6, 6.07) is 8.24. The van der Waals surface area contributed by atoms with Crippen molar-refractivity contribution < 1.29 is 19.4 Å². The molecule has 1 amide bonds. The molecule has 0 fully saturated rings. The summed E-state index contributed by atoms with van der Waals surface area (Å²) in [6.45, 7) is 1.79. The van der Waals surface area contributed by atoms with Crippen LogP contribution in [0.5, 0.6) is 0 Å². The minimum Gasteiger partial charge on any atom is -0.509 e. The van der Waals surface area contributed by atoms with E-state index in [0.717, 1.165) is 0 Å². The fourth-order valence-electron chi connectivity index (χ4n) is 1.82. The van der Waals surface area contributed by atoms with Crippen LogP contribution in [-0.2, 0) is 14.3 Å². The summed E-state index contributed by atoms with van der Waals surface area (Å²) >= 11 is 0. The summed E-state index contributed by atoms with van der Waals surface area (Å²) in [7, 11) is 0. The van der Waals surface area contributed by atoms with Crippen molar-refractivity contribution >= 4 is 11.9 Å². The number of carbonyl (C=O) groups excluding carboxylic acids is 2. The number of esters is 1. The smallest absolute Gasteiger partial charge is 0.347 e. The number of hydrogen-bond donors (Lipinski definition) is 2. The minimum atomic E-state index is -0.800. The van der Waals surface area contributed by atoms with Crippen LogP contribution in [0.25, 0.3) is 0 Å². The Balaban J connectivity index is 2.33. The molecule has 0 saturated carbocycles. The van der Waals surface area contributed by atoms with Crippen LogP contribution in [0, 0.1) is 0 Å². The Labute approximate surface area is 104 Å². The Morgan fingerprint density at radius 3 is 2.67 bits per heavy atom. The zero-order valence-corrected chi connectivity index (χ0v) is 9.84. The van der Waals surface area contributed by atoms with Gasteiger partial charge in [-0.1, -0.05) is 30.3 Å². The number of nitrogens with one attached hydrogen (secondary N) is 1. The summed E-state index contributed by atoms with van der Waals surface area (Å²) in [5, 5.41) is 12.5. The van der Waals surface area contributed by atoms with Crippen molar-refractivity contribution in [3.8, 4) is 0 Å². The molecule has 0 radical (unpaired) electrons. The second kappa shape index (κ2) is 4.91. The van der Waals surface area contributed by atoms with E-state index in [-0.39, 0.29) is 17.9 Å². The summed E-state index contributed by atoms with van der Waals surface area (Å²) < 4.78 is 4.73. The largest absolute Gasteiger partial charge is 0.509 e. The molecule has 5 heteroatoms. The number of benzene rings is 1. The van der Waals surface area contributed by atoms with E-state index in [0.29, 0.717) is 5.56 Å². The second-order valence-corrected chi connectivity index (χ2v) is 3.80. The van der Waals surface area contributed by atoms with Gasteiger partial charge in [0, 0.05) is 0 Å². The summed E-state index contributed by atoms with van der Waals surface area (Å²) in [6.07, 6.45) is 0. The number of ether oxygens (including phenoxy) is 1. The highest BCUT2D eigenvalue weighted by Gasteiger charge is 2.37. The molecule has 5 nitrogen and oxygen atoms in total. The van der Waals surface area contributed by atoms with E-state index in [9.17, 15) is 14.7 Å². The first-order valence-corrected chi connectivity index (χ1v) is 5.61. The Kier molecular flexibility index (Phi) is 3.32. The van der Waals surface area contributed by atoms with Gasteiger partial charge in [-0.3, -0.25) is 4.79 Å². The SMILES string of the molecule is CCOC(=O)C1=C(O)[C@H](c2ccccc2)NC1=O. The maximum atomic E-state index is 11.7. The second-order valence-electron chi connectivity index (χ2n) is 3.80. The molecule has 0 unspecified atom stereocenters. The number of rotatable bonds is 3. The van der Waals surface area contributed by atoms with Crippen LogP contribution in [0.2, 0.25) is 0 Å². The topological polar surface area (TPSA) is 75.6 Å². The molecular weight excluding hydrogens is 234 g/mol. The summed E-state index contributed by atoms with van der Waals surface area (Å²) in [5.74, 6) is -1.70. The van der Waals surface area contributed by atoms with Gasteiger partial charge in [0.15, 0.2) is 5.57 Å². The average molecular weight is 247 g/mol. The van der Waals surface area contributed by atoms with E-state index in [2.05, 4.69) is 5.32 Å². The maximum Gasteiger partial charge on any atom is 0.347 e. The first-order chi connectivity index (χ1) is 8.65. The van der Waals surface area contributed by atoms with Gasteiger partial charge in [0.2, 0.25) is 0 Å². The molecule has 18 heavy (non-hydrogen) atoms. The lowest BCUT2D eigenvalue weighted by atomic mass is 10.1. The fourth-order valence-corrected chi connectivity index (χ4v) is 1.82. The number of hydrogen-bond acceptors (Lipinski definition) is 4. The quantitative estimate of drug-likeness (QED) is 0.622. The van der Waals surface area contributed by atoms with Gasteiger partial charge in [-0.15, -0.1) is 0 Å². The van der Waals surface area contributed by atoms with Crippen molar-refractivity contribution in [3.63, 3.8) is 0 Å². The monoisotopic (exact) mass is 247 g/mol. The van der Waals surface area contributed by atoms with Crippen molar-refractivity contribution in [2.24, 2.45) is 0 Å². The number of amides is 1. The van der Waals surface area contributed by atoms with Crippen LogP contribution in [0.3, 0.4) is 0 Å². The van der Waals surface area contributed by atoms with Crippen molar-refractivity contribution in [2.45, 2.75) is 13.0 Å². The third-order valence-corrected chi connectivity index (χ3v) is 2.64. The van der Waals surface area contributed by atoms with Crippen molar-refractivity contribution in [1.29, 1.82) is 0 Å².